The van der Waals surface area contributed by atoms with Crippen LogP contribution >= 0.6 is 0 Å². The molecule has 0 saturated carbocycles. The Morgan fingerprint density at radius 2 is 1.06 bits per heavy atom. The fourth-order valence-electron chi connectivity index (χ4n) is 4.11. The predicted molar refractivity (Wildman–Crippen MR) is 131 cm³/mol. The number of aromatic hydroxyl groups is 6. The van der Waals surface area contributed by atoms with E-state index in [0.717, 1.165) is 5.56 Å². The lowest BCUT2D eigenvalue weighted by molar-refractivity contribution is 0.0180. The van der Waals surface area contributed by atoms with Crippen molar-refractivity contribution >= 4 is 12.2 Å². The van der Waals surface area contributed by atoms with Crippen LogP contribution in [-0.4, -0.2) is 30.6 Å². The van der Waals surface area contributed by atoms with Crippen LogP contribution in [0.4, 0.5) is 0 Å². The van der Waals surface area contributed by atoms with Crippen molar-refractivity contribution in [3.05, 3.63) is 95.1 Å². The van der Waals surface area contributed by atoms with Gasteiger partial charge in [0, 0.05) is 23.3 Å². The van der Waals surface area contributed by atoms with Crippen LogP contribution in [0.5, 0.6) is 46.0 Å². The van der Waals surface area contributed by atoms with E-state index in [4.69, 9.17) is 9.47 Å². The molecule has 1 aliphatic heterocycles. The Balaban J connectivity index is 1.52. The first kappa shape index (κ1) is 22.8. The van der Waals surface area contributed by atoms with Gasteiger partial charge in [-0.1, -0.05) is 24.3 Å². The van der Waals surface area contributed by atoms with Crippen molar-refractivity contribution < 1.29 is 40.1 Å². The van der Waals surface area contributed by atoms with Gasteiger partial charge in [0.15, 0.2) is 35.2 Å². The maximum Gasteiger partial charge on any atom is 0.165 e. The van der Waals surface area contributed by atoms with Crippen LogP contribution in [0.25, 0.3) is 12.2 Å². The molecule has 0 unspecified atom stereocenters. The standard InChI is InChI=1S/C28H22O8/c29-19-7-16(8-20(30)13-19)2-1-15-3-6-25-26(9-15)36-27(17-4-5-23(33)24(34)12-17)28(35-25)18-10-21(31)14-22(32)11-18/h1-14,27-34H/b2-1+/t27-,28-/m0/s1. The highest BCUT2D eigenvalue weighted by Crippen LogP contribution is 2.48. The first-order chi connectivity index (χ1) is 17.2. The molecule has 36 heavy (non-hydrogen) atoms. The molecular formula is C28H22O8. The average Bonchev–Trinajstić information content (AvgIpc) is 2.82. The van der Waals surface area contributed by atoms with E-state index in [-0.39, 0.29) is 34.5 Å². The normalized spacial score (nSPS) is 16.8. The molecule has 4 aromatic rings. The summed E-state index contributed by atoms with van der Waals surface area (Å²) in [6, 6.07) is 17.9. The molecule has 0 spiro atoms. The maximum atomic E-state index is 10.1. The molecule has 1 heterocycles. The van der Waals surface area contributed by atoms with E-state index >= 15 is 0 Å². The van der Waals surface area contributed by atoms with Gasteiger partial charge in [-0.25, -0.2) is 0 Å². The molecule has 0 bridgehead atoms. The summed E-state index contributed by atoms with van der Waals surface area (Å²) >= 11 is 0. The van der Waals surface area contributed by atoms with Gasteiger partial charge in [0.25, 0.3) is 0 Å². The average molecular weight is 486 g/mol. The third kappa shape index (κ3) is 4.65. The van der Waals surface area contributed by atoms with Gasteiger partial charge in [0.2, 0.25) is 0 Å². The molecule has 0 amide bonds. The van der Waals surface area contributed by atoms with E-state index in [1.165, 1.54) is 48.5 Å². The molecule has 0 fully saturated rings. The van der Waals surface area contributed by atoms with E-state index in [0.29, 0.717) is 28.2 Å². The van der Waals surface area contributed by atoms with E-state index < -0.39 is 12.2 Å². The molecule has 0 saturated heterocycles. The lowest BCUT2D eigenvalue weighted by Crippen LogP contribution is -2.26. The second kappa shape index (κ2) is 8.99. The number of phenolic OH excluding ortho intramolecular Hbond substituents is 6. The number of ether oxygens (including phenoxy) is 2. The first-order valence-electron chi connectivity index (χ1n) is 11.0. The van der Waals surface area contributed by atoms with E-state index in [9.17, 15) is 30.6 Å². The highest BCUT2D eigenvalue weighted by atomic mass is 16.6. The summed E-state index contributed by atoms with van der Waals surface area (Å²) in [5, 5.41) is 59.2. The molecule has 6 N–H and O–H groups in total. The maximum absolute atomic E-state index is 10.1. The molecular weight excluding hydrogens is 464 g/mol. The van der Waals surface area contributed by atoms with Gasteiger partial charge in [-0.3, -0.25) is 0 Å². The van der Waals surface area contributed by atoms with Crippen LogP contribution in [0.1, 0.15) is 34.5 Å². The van der Waals surface area contributed by atoms with Crippen molar-refractivity contribution in [3.63, 3.8) is 0 Å². The van der Waals surface area contributed by atoms with Crippen molar-refractivity contribution in [2.24, 2.45) is 0 Å². The van der Waals surface area contributed by atoms with Gasteiger partial charge in [0.1, 0.15) is 23.0 Å². The minimum atomic E-state index is -0.799. The van der Waals surface area contributed by atoms with Crippen molar-refractivity contribution in [1.29, 1.82) is 0 Å². The SMILES string of the molecule is Oc1cc(O)cc(/C=C/c2ccc3c(c2)O[C@@H](c2ccc(O)c(O)c2)[C@H](c2cc(O)cc(O)c2)O3)c1. The Morgan fingerprint density at radius 1 is 0.472 bits per heavy atom. The Bertz CT molecular complexity index is 1440. The summed E-state index contributed by atoms with van der Waals surface area (Å²) in [5.74, 6) is -0.182. The molecule has 4 aromatic carbocycles. The summed E-state index contributed by atoms with van der Waals surface area (Å²) in [5.41, 5.74) is 2.30. The molecule has 0 aromatic heterocycles. The highest BCUT2D eigenvalue weighted by Gasteiger charge is 2.35. The minimum Gasteiger partial charge on any atom is -0.508 e. The fraction of sp³-hybridized carbons (Fsp3) is 0.0714. The molecule has 0 aliphatic carbocycles. The van der Waals surface area contributed by atoms with Crippen LogP contribution in [0.3, 0.4) is 0 Å². The third-order valence-corrected chi connectivity index (χ3v) is 5.73. The number of rotatable bonds is 4. The van der Waals surface area contributed by atoms with E-state index in [1.807, 2.05) is 0 Å². The Labute approximate surface area is 205 Å². The quantitative estimate of drug-likeness (QED) is 0.168. The second-order valence-corrected chi connectivity index (χ2v) is 8.43. The molecule has 182 valence electrons. The first-order valence-corrected chi connectivity index (χ1v) is 11.0. The molecule has 8 heteroatoms. The minimum absolute atomic E-state index is 0.0548. The number of fused-ring (bicyclic) bond motifs is 1. The zero-order valence-electron chi connectivity index (χ0n) is 18.7. The molecule has 0 radical (unpaired) electrons. The van der Waals surface area contributed by atoms with Crippen molar-refractivity contribution in [2.75, 3.05) is 0 Å². The number of hydrogen-bond acceptors (Lipinski definition) is 8. The molecule has 2 atom stereocenters. The largest absolute Gasteiger partial charge is 0.508 e. The van der Waals surface area contributed by atoms with Crippen molar-refractivity contribution in [1.82, 2.24) is 0 Å². The summed E-state index contributed by atoms with van der Waals surface area (Å²) < 4.78 is 12.5. The fourth-order valence-corrected chi connectivity index (χ4v) is 4.11. The molecule has 8 nitrogen and oxygen atoms in total. The summed E-state index contributed by atoms with van der Waals surface area (Å²) in [6.45, 7) is 0. The lowest BCUT2D eigenvalue weighted by atomic mass is 9.95. The Hall–Kier alpha value is -4.98. The number of benzene rings is 4. The lowest BCUT2D eigenvalue weighted by Gasteiger charge is -2.35. The van der Waals surface area contributed by atoms with Crippen LogP contribution in [0.15, 0.2) is 72.8 Å². The van der Waals surface area contributed by atoms with Gasteiger partial charge < -0.3 is 40.1 Å². The van der Waals surface area contributed by atoms with Crippen molar-refractivity contribution in [2.45, 2.75) is 12.2 Å². The van der Waals surface area contributed by atoms with Crippen LogP contribution in [0, 0.1) is 0 Å². The zero-order chi connectivity index (χ0) is 25.4. The van der Waals surface area contributed by atoms with E-state index in [2.05, 4.69) is 0 Å². The van der Waals surface area contributed by atoms with Gasteiger partial charge in [-0.05, 0) is 59.7 Å². The Kier molecular flexibility index (Phi) is 5.69. The van der Waals surface area contributed by atoms with Gasteiger partial charge in [-0.2, -0.15) is 0 Å². The van der Waals surface area contributed by atoms with Gasteiger partial charge in [0.05, 0.1) is 0 Å². The van der Waals surface area contributed by atoms with Crippen molar-refractivity contribution in [3.8, 4) is 46.0 Å². The van der Waals surface area contributed by atoms with Crippen LogP contribution in [-0.2, 0) is 0 Å². The second-order valence-electron chi connectivity index (χ2n) is 8.43. The van der Waals surface area contributed by atoms with Crippen LogP contribution < -0.4 is 9.47 Å². The molecule has 5 rings (SSSR count). The number of phenols is 6. The summed E-state index contributed by atoms with van der Waals surface area (Å²) in [4.78, 5) is 0. The smallest absolute Gasteiger partial charge is 0.165 e. The molecule has 1 aliphatic rings. The highest BCUT2D eigenvalue weighted by molar-refractivity contribution is 5.72. The summed E-state index contributed by atoms with van der Waals surface area (Å²) in [6.07, 6.45) is 1.90. The third-order valence-electron chi connectivity index (χ3n) is 5.73. The number of hydrogen-bond donors (Lipinski definition) is 6. The predicted octanol–water partition coefficient (Wildman–Crippen LogP) is 5.34. The monoisotopic (exact) mass is 486 g/mol. The van der Waals surface area contributed by atoms with Gasteiger partial charge >= 0.3 is 0 Å². The topological polar surface area (TPSA) is 140 Å². The van der Waals surface area contributed by atoms with Gasteiger partial charge in [-0.15, -0.1) is 0 Å². The zero-order valence-corrected chi connectivity index (χ0v) is 18.7. The summed E-state index contributed by atoms with van der Waals surface area (Å²) in [7, 11) is 0. The van der Waals surface area contributed by atoms with E-state index in [1.54, 1.807) is 36.4 Å². The Morgan fingerprint density at radius 3 is 1.72 bits per heavy atom. The van der Waals surface area contributed by atoms with Crippen LogP contribution in [0.2, 0.25) is 0 Å².